The van der Waals surface area contributed by atoms with Crippen molar-refractivity contribution >= 4 is 11.8 Å². The lowest BCUT2D eigenvalue weighted by molar-refractivity contribution is -0.120. The van der Waals surface area contributed by atoms with E-state index in [9.17, 15) is 18.4 Å². The van der Waals surface area contributed by atoms with E-state index in [1.54, 1.807) is 0 Å². The molecule has 0 aliphatic heterocycles. The predicted molar refractivity (Wildman–Crippen MR) is 69.5 cm³/mol. The Balaban J connectivity index is 2.78. The highest BCUT2D eigenvalue weighted by molar-refractivity contribution is 5.97. The zero-order valence-corrected chi connectivity index (χ0v) is 10.7. The summed E-state index contributed by atoms with van der Waals surface area (Å²) in [5.74, 6) is -1.67. The third-order valence-corrected chi connectivity index (χ3v) is 2.66. The summed E-state index contributed by atoms with van der Waals surface area (Å²) < 4.78 is 26.4. The van der Waals surface area contributed by atoms with E-state index < -0.39 is 35.1 Å². The number of hydrogen-bond donors (Lipinski definition) is 2. The molecule has 4 nitrogen and oxygen atoms in total. The highest BCUT2D eigenvalue weighted by Gasteiger charge is 2.21. The van der Waals surface area contributed by atoms with Crippen LogP contribution in [0, 0.1) is 24.0 Å². The van der Waals surface area contributed by atoms with Crippen LogP contribution in [0.4, 0.5) is 8.78 Å². The van der Waals surface area contributed by atoms with Crippen LogP contribution in [0.2, 0.25) is 0 Å². The third-order valence-electron chi connectivity index (χ3n) is 2.66. The van der Waals surface area contributed by atoms with E-state index in [1.165, 1.54) is 6.07 Å². The zero-order valence-electron chi connectivity index (χ0n) is 10.7. The number of nitrogens with two attached hydrogens (primary N) is 1. The van der Waals surface area contributed by atoms with E-state index in [4.69, 9.17) is 12.2 Å². The summed E-state index contributed by atoms with van der Waals surface area (Å²) in [5.41, 5.74) is 4.66. The summed E-state index contributed by atoms with van der Waals surface area (Å²) in [5, 5.41) is 2.27. The Hall–Kier alpha value is -2.42. The SMILES string of the molecule is C#CCCC[C@H](NC(=O)c1cccc(F)c1F)C(N)=O. The van der Waals surface area contributed by atoms with Crippen LogP contribution in [0.25, 0.3) is 0 Å². The first-order chi connectivity index (χ1) is 9.47. The van der Waals surface area contributed by atoms with Crippen LogP contribution in [0.3, 0.4) is 0 Å². The lowest BCUT2D eigenvalue weighted by Crippen LogP contribution is -2.44. The number of benzene rings is 1. The van der Waals surface area contributed by atoms with Gasteiger partial charge in [0.05, 0.1) is 5.56 Å². The molecule has 20 heavy (non-hydrogen) atoms. The molecule has 0 unspecified atom stereocenters. The van der Waals surface area contributed by atoms with Crippen molar-refractivity contribution in [3.05, 3.63) is 35.4 Å². The van der Waals surface area contributed by atoms with E-state index in [0.29, 0.717) is 12.8 Å². The number of primary amides is 1. The van der Waals surface area contributed by atoms with E-state index in [0.717, 1.165) is 12.1 Å². The summed E-state index contributed by atoms with van der Waals surface area (Å²) in [7, 11) is 0. The molecule has 2 amide bonds. The van der Waals surface area contributed by atoms with Gasteiger partial charge in [0.25, 0.3) is 5.91 Å². The minimum Gasteiger partial charge on any atom is -0.368 e. The van der Waals surface area contributed by atoms with Crippen LogP contribution in [-0.4, -0.2) is 17.9 Å². The van der Waals surface area contributed by atoms with Crippen molar-refractivity contribution < 1.29 is 18.4 Å². The molecule has 1 atom stereocenters. The number of carbonyl (C=O) groups excluding carboxylic acids is 2. The van der Waals surface area contributed by atoms with Gasteiger partial charge in [-0.15, -0.1) is 12.3 Å². The molecule has 0 fully saturated rings. The number of carbonyl (C=O) groups is 2. The summed E-state index contributed by atoms with van der Waals surface area (Å²) in [6.45, 7) is 0. The Kier molecular flexibility index (Phi) is 5.66. The standard InChI is InChI=1S/C14H14F2N2O2/c1-2-3-4-8-11(13(17)19)18-14(20)9-6-5-7-10(15)12(9)16/h1,5-7,11H,3-4,8H2,(H2,17,19)(H,18,20)/t11-/m0/s1. The molecule has 0 spiro atoms. The molecule has 0 bridgehead atoms. The maximum absolute atomic E-state index is 13.4. The van der Waals surface area contributed by atoms with Crippen LogP contribution in [0.5, 0.6) is 0 Å². The molecule has 106 valence electrons. The van der Waals surface area contributed by atoms with Crippen LogP contribution in [-0.2, 0) is 4.79 Å². The fraction of sp³-hybridized carbons (Fsp3) is 0.286. The normalized spacial score (nSPS) is 11.4. The van der Waals surface area contributed by atoms with Gasteiger partial charge in [-0.2, -0.15) is 0 Å². The zero-order chi connectivity index (χ0) is 15.1. The fourth-order valence-corrected chi connectivity index (χ4v) is 1.61. The molecular weight excluding hydrogens is 266 g/mol. The Morgan fingerprint density at radius 1 is 1.40 bits per heavy atom. The second-order valence-corrected chi connectivity index (χ2v) is 4.13. The van der Waals surface area contributed by atoms with Gasteiger partial charge in [-0.25, -0.2) is 8.78 Å². The Morgan fingerprint density at radius 2 is 2.10 bits per heavy atom. The summed E-state index contributed by atoms with van der Waals surface area (Å²) in [6.07, 6.45) is 6.22. The van der Waals surface area contributed by atoms with Gasteiger partial charge >= 0.3 is 0 Å². The number of nitrogens with one attached hydrogen (secondary N) is 1. The van der Waals surface area contributed by atoms with Gasteiger partial charge in [-0.1, -0.05) is 6.07 Å². The fourth-order valence-electron chi connectivity index (χ4n) is 1.61. The van der Waals surface area contributed by atoms with Crippen LogP contribution >= 0.6 is 0 Å². The largest absolute Gasteiger partial charge is 0.368 e. The smallest absolute Gasteiger partial charge is 0.255 e. The number of halogens is 2. The van der Waals surface area contributed by atoms with Gasteiger partial charge in [0.1, 0.15) is 6.04 Å². The van der Waals surface area contributed by atoms with Gasteiger partial charge in [-0.3, -0.25) is 9.59 Å². The minimum absolute atomic E-state index is 0.238. The Morgan fingerprint density at radius 3 is 2.70 bits per heavy atom. The maximum Gasteiger partial charge on any atom is 0.255 e. The topological polar surface area (TPSA) is 72.2 Å². The molecule has 0 aliphatic carbocycles. The van der Waals surface area contributed by atoms with Crippen molar-refractivity contribution in [1.29, 1.82) is 0 Å². The van der Waals surface area contributed by atoms with Gasteiger partial charge in [0, 0.05) is 6.42 Å². The average molecular weight is 280 g/mol. The van der Waals surface area contributed by atoms with Gasteiger partial charge in [-0.05, 0) is 25.0 Å². The van der Waals surface area contributed by atoms with Crippen molar-refractivity contribution in [2.24, 2.45) is 5.73 Å². The number of rotatable bonds is 6. The third kappa shape index (κ3) is 4.05. The van der Waals surface area contributed by atoms with Crippen molar-refractivity contribution in [3.63, 3.8) is 0 Å². The monoisotopic (exact) mass is 280 g/mol. The molecule has 0 saturated heterocycles. The van der Waals surface area contributed by atoms with Crippen molar-refractivity contribution in [1.82, 2.24) is 5.32 Å². The first kappa shape index (κ1) is 15.6. The van der Waals surface area contributed by atoms with E-state index in [2.05, 4.69) is 11.2 Å². The molecule has 1 rings (SSSR count). The molecule has 0 heterocycles. The second-order valence-electron chi connectivity index (χ2n) is 4.13. The number of hydrogen-bond acceptors (Lipinski definition) is 2. The van der Waals surface area contributed by atoms with Crippen molar-refractivity contribution in [2.75, 3.05) is 0 Å². The Labute approximate surface area is 115 Å². The molecule has 0 aliphatic rings. The van der Waals surface area contributed by atoms with Gasteiger partial charge < -0.3 is 11.1 Å². The molecule has 0 aromatic heterocycles. The number of unbranched alkanes of at least 4 members (excludes halogenated alkanes) is 1. The van der Waals surface area contributed by atoms with Crippen molar-refractivity contribution in [3.8, 4) is 12.3 Å². The van der Waals surface area contributed by atoms with Gasteiger partial charge in [0.15, 0.2) is 11.6 Å². The molecule has 3 N–H and O–H groups in total. The summed E-state index contributed by atoms with van der Waals surface area (Å²) in [6, 6.07) is 2.24. The average Bonchev–Trinajstić information content (AvgIpc) is 2.40. The lowest BCUT2D eigenvalue weighted by atomic mass is 10.1. The summed E-state index contributed by atoms with van der Waals surface area (Å²) >= 11 is 0. The minimum atomic E-state index is -1.27. The molecule has 6 heteroatoms. The van der Waals surface area contributed by atoms with Crippen LogP contribution < -0.4 is 11.1 Å². The number of amides is 2. The number of terminal acetylenes is 1. The van der Waals surface area contributed by atoms with E-state index >= 15 is 0 Å². The summed E-state index contributed by atoms with van der Waals surface area (Å²) in [4.78, 5) is 23.0. The quantitative estimate of drug-likeness (QED) is 0.610. The second kappa shape index (κ2) is 7.24. The lowest BCUT2D eigenvalue weighted by Gasteiger charge is -2.15. The van der Waals surface area contributed by atoms with E-state index in [1.807, 2.05) is 0 Å². The first-order valence-electron chi connectivity index (χ1n) is 5.95. The van der Waals surface area contributed by atoms with Crippen LogP contribution in [0.15, 0.2) is 18.2 Å². The predicted octanol–water partition coefficient (Wildman–Crippen LogP) is 1.35. The highest BCUT2D eigenvalue weighted by atomic mass is 19.2. The molecule has 0 saturated carbocycles. The van der Waals surface area contributed by atoms with Crippen LogP contribution in [0.1, 0.15) is 29.6 Å². The molecule has 1 aromatic carbocycles. The highest BCUT2D eigenvalue weighted by Crippen LogP contribution is 2.12. The van der Waals surface area contributed by atoms with Gasteiger partial charge in [0.2, 0.25) is 5.91 Å². The molecule has 1 aromatic rings. The van der Waals surface area contributed by atoms with E-state index in [-0.39, 0.29) is 6.42 Å². The molecular formula is C14H14F2N2O2. The Bertz CT molecular complexity index is 553. The maximum atomic E-state index is 13.4. The van der Waals surface area contributed by atoms with Crippen molar-refractivity contribution in [2.45, 2.75) is 25.3 Å². The molecule has 0 radical (unpaired) electrons. The first-order valence-corrected chi connectivity index (χ1v) is 5.95.